The van der Waals surface area contributed by atoms with E-state index in [1.54, 1.807) is 6.07 Å². The van der Waals surface area contributed by atoms with Gasteiger partial charge in [0.25, 0.3) is 0 Å². The minimum Gasteiger partial charge on any atom is -0.507 e. The maximum absolute atomic E-state index is 11.0. The van der Waals surface area contributed by atoms with Gasteiger partial charge in [0.15, 0.2) is 5.78 Å². The zero-order valence-electron chi connectivity index (χ0n) is 6.27. The third-order valence-electron chi connectivity index (χ3n) is 1.42. The van der Waals surface area contributed by atoms with E-state index in [1.807, 2.05) is 22.6 Å². The van der Waals surface area contributed by atoms with Crippen molar-refractivity contribution in [3.63, 3.8) is 0 Å². The fraction of sp³-hybridized carbons (Fsp3) is 0.125. The SMILES string of the molecule is CC(=O)c1c(O)ccc(I)c1Cl. The van der Waals surface area contributed by atoms with E-state index < -0.39 is 0 Å². The van der Waals surface area contributed by atoms with Gasteiger partial charge in [0.2, 0.25) is 0 Å². The molecule has 0 saturated carbocycles. The minimum absolute atomic E-state index is 0.0621. The molecule has 0 bridgehead atoms. The third-order valence-corrected chi connectivity index (χ3v) is 3.04. The number of carbonyl (C=O) groups excluding carboxylic acids is 1. The van der Waals surface area contributed by atoms with Crippen LogP contribution >= 0.6 is 34.2 Å². The summed E-state index contributed by atoms with van der Waals surface area (Å²) in [5, 5.41) is 9.60. The summed E-state index contributed by atoms with van der Waals surface area (Å²) in [6.45, 7) is 1.37. The van der Waals surface area contributed by atoms with E-state index in [9.17, 15) is 9.90 Å². The van der Waals surface area contributed by atoms with Crippen molar-refractivity contribution in [1.82, 2.24) is 0 Å². The molecular weight excluding hydrogens is 290 g/mol. The number of carbonyl (C=O) groups is 1. The first-order chi connectivity index (χ1) is 5.54. The molecule has 0 aliphatic rings. The summed E-state index contributed by atoms with van der Waals surface area (Å²) in [4.78, 5) is 11.0. The predicted molar refractivity (Wildman–Crippen MR) is 55.8 cm³/mol. The van der Waals surface area contributed by atoms with E-state index in [0.29, 0.717) is 5.02 Å². The van der Waals surface area contributed by atoms with Crippen LogP contribution in [0.2, 0.25) is 5.02 Å². The highest BCUT2D eigenvalue weighted by molar-refractivity contribution is 14.1. The van der Waals surface area contributed by atoms with Crippen LogP contribution in [0.25, 0.3) is 0 Å². The van der Waals surface area contributed by atoms with Crippen LogP contribution < -0.4 is 0 Å². The molecular formula is C8H6ClIO2. The molecule has 0 radical (unpaired) electrons. The quantitative estimate of drug-likeness (QED) is 0.639. The van der Waals surface area contributed by atoms with Crippen LogP contribution in [0, 0.1) is 3.57 Å². The van der Waals surface area contributed by atoms with Crippen LogP contribution in [0.15, 0.2) is 12.1 Å². The number of Topliss-reactive ketones (excluding diaryl/α,β-unsaturated/α-hetero) is 1. The first-order valence-corrected chi connectivity index (χ1v) is 4.67. The van der Waals surface area contributed by atoms with Gasteiger partial charge in [-0.25, -0.2) is 0 Å². The number of benzene rings is 1. The van der Waals surface area contributed by atoms with Gasteiger partial charge in [0, 0.05) is 3.57 Å². The molecule has 0 aliphatic carbocycles. The van der Waals surface area contributed by atoms with E-state index in [-0.39, 0.29) is 17.1 Å². The maximum atomic E-state index is 11.0. The second-order valence-corrected chi connectivity index (χ2v) is 3.85. The van der Waals surface area contributed by atoms with E-state index >= 15 is 0 Å². The first-order valence-electron chi connectivity index (χ1n) is 3.22. The molecule has 0 aliphatic heterocycles. The van der Waals surface area contributed by atoms with Crippen molar-refractivity contribution in [3.8, 4) is 5.75 Å². The third kappa shape index (κ3) is 1.72. The second-order valence-electron chi connectivity index (χ2n) is 2.31. The fourth-order valence-corrected chi connectivity index (χ4v) is 1.62. The van der Waals surface area contributed by atoms with E-state index in [0.717, 1.165) is 3.57 Å². The molecule has 64 valence electrons. The van der Waals surface area contributed by atoms with Crippen LogP contribution in [0.4, 0.5) is 0 Å². The lowest BCUT2D eigenvalue weighted by Gasteiger charge is -2.04. The summed E-state index contributed by atoms with van der Waals surface area (Å²) < 4.78 is 0.761. The summed E-state index contributed by atoms with van der Waals surface area (Å²) in [6, 6.07) is 3.12. The Bertz CT molecular complexity index is 336. The number of hydrogen-bond donors (Lipinski definition) is 1. The predicted octanol–water partition coefficient (Wildman–Crippen LogP) is 2.85. The van der Waals surface area contributed by atoms with E-state index in [2.05, 4.69) is 0 Å². The van der Waals surface area contributed by atoms with Gasteiger partial charge in [-0.05, 0) is 41.6 Å². The summed E-state index contributed by atoms with van der Waals surface area (Å²) in [5.74, 6) is -0.288. The Kier molecular flexibility index (Phi) is 2.95. The van der Waals surface area contributed by atoms with Gasteiger partial charge >= 0.3 is 0 Å². The van der Waals surface area contributed by atoms with Crippen molar-refractivity contribution < 1.29 is 9.90 Å². The van der Waals surface area contributed by atoms with Crippen molar-refractivity contribution in [2.24, 2.45) is 0 Å². The molecule has 1 aromatic rings. The second kappa shape index (κ2) is 3.62. The van der Waals surface area contributed by atoms with Crippen molar-refractivity contribution in [2.75, 3.05) is 0 Å². The van der Waals surface area contributed by atoms with Crippen LogP contribution in [0.1, 0.15) is 17.3 Å². The molecule has 0 amide bonds. The topological polar surface area (TPSA) is 37.3 Å². The molecule has 0 spiro atoms. The number of phenolic OH excluding ortho intramolecular Hbond substituents is 1. The Labute approximate surface area is 88.7 Å². The monoisotopic (exact) mass is 296 g/mol. The smallest absolute Gasteiger partial charge is 0.165 e. The fourth-order valence-electron chi connectivity index (χ4n) is 0.875. The van der Waals surface area contributed by atoms with Gasteiger partial charge in [-0.1, -0.05) is 11.6 Å². The first kappa shape index (κ1) is 9.80. The molecule has 0 aromatic heterocycles. The summed E-state index contributed by atoms with van der Waals surface area (Å²) in [7, 11) is 0. The van der Waals surface area contributed by atoms with E-state index in [4.69, 9.17) is 11.6 Å². The largest absolute Gasteiger partial charge is 0.507 e. The van der Waals surface area contributed by atoms with Crippen molar-refractivity contribution in [2.45, 2.75) is 6.92 Å². The zero-order valence-corrected chi connectivity index (χ0v) is 9.18. The standard InChI is InChI=1S/C8H6ClIO2/c1-4(11)7-6(12)3-2-5(10)8(7)9/h2-3,12H,1H3. The molecule has 0 atom stereocenters. The molecule has 1 rings (SSSR count). The molecule has 0 heterocycles. The normalized spacial score (nSPS) is 9.92. The highest BCUT2D eigenvalue weighted by Gasteiger charge is 2.13. The van der Waals surface area contributed by atoms with Gasteiger partial charge in [-0.15, -0.1) is 0 Å². The van der Waals surface area contributed by atoms with Crippen LogP contribution in [-0.4, -0.2) is 10.9 Å². The van der Waals surface area contributed by atoms with Crippen molar-refractivity contribution in [3.05, 3.63) is 26.3 Å². The van der Waals surface area contributed by atoms with Gasteiger partial charge < -0.3 is 5.11 Å². The van der Waals surface area contributed by atoms with Crippen LogP contribution in [0.3, 0.4) is 0 Å². The maximum Gasteiger partial charge on any atom is 0.165 e. The lowest BCUT2D eigenvalue weighted by molar-refractivity contribution is 0.101. The Hall–Kier alpha value is -0.290. The van der Waals surface area contributed by atoms with Crippen LogP contribution in [0.5, 0.6) is 5.75 Å². The van der Waals surface area contributed by atoms with Gasteiger partial charge in [-0.2, -0.15) is 0 Å². The minimum atomic E-state index is -0.226. The highest BCUT2D eigenvalue weighted by atomic mass is 127. The number of rotatable bonds is 1. The molecule has 0 saturated heterocycles. The van der Waals surface area contributed by atoms with Gasteiger partial charge in [-0.3, -0.25) is 4.79 Å². The number of aromatic hydroxyl groups is 1. The zero-order chi connectivity index (χ0) is 9.30. The summed E-state index contributed by atoms with van der Waals surface area (Å²) in [5.41, 5.74) is 0.198. The molecule has 1 aromatic carbocycles. The average Bonchev–Trinajstić information content (AvgIpc) is 1.97. The number of hydrogen-bond acceptors (Lipinski definition) is 2. The Morgan fingerprint density at radius 3 is 2.58 bits per heavy atom. The highest BCUT2D eigenvalue weighted by Crippen LogP contribution is 2.30. The van der Waals surface area contributed by atoms with Crippen molar-refractivity contribution >= 4 is 40.0 Å². The number of halogens is 2. The molecule has 0 unspecified atom stereocenters. The van der Waals surface area contributed by atoms with E-state index in [1.165, 1.54) is 13.0 Å². The van der Waals surface area contributed by atoms with Gasteiger partial charge in [0.05, 0.1) is 10.6 Å². The Morgan fingerprint density at radius 1 is 1.58 bits per heavy atom. The molecule has 2 nitrogen and oxygen atoms in total. The van der Waals surface area contributed by atoms with Crippen LogP contribution in [-0.2, 0) is 0 Å². The van der Waals surface area contributed by atoms with Crippen molar-refractivity contribution in [1.29, 1.82) is 0 Å². The lowest BCUT2D eigenvalue weighted by atomic mass is 10.1. The Balaban J connectivity index is 3.43. The van der Waals surface area contributed by atoms with Gasteiger partial charge in [0.1, 0.15) is 5.75 Å². The molecule has 1 N–H and O–H groups in total. The molecule has 4 heteroatoms. The Morgan fingerprint density at radius 2 is 2.17 bits per heavy atom. The molecule has 0 fully saturated rings. The molecule has 12 heavy (non-hydrogen) atoms. The number of phenols is 1. The number of ketones is 1. The average molecular weight is 296 g/mol. The summed E-state index contributed by atoms with van der Waals surface area (Å²) in [6.07, 6.45) is 0. The lowest BCUT2D eigenvalue weighted by Crippen LogP contribution is -1.95. The summed E-state index contributed by atoms with van der Waals surface area (Å²) >= 11 is 7.81.